The van der Waals surface area contributed by atoms with Crippen LogP contribution in [0, 0.1) is 5.92 Å². The largest absolute Gasteiger partial charge is 0.481 e. The van der Waals surface area contributed by atoms with E-state index in [9.17, 15) is 22.8 Å². The second kappa shape index (κ2) is 5.34. The Kier molecular flexibility index (Phi) is 4.28. The molecule has 18 heavy (non-hydrogen) atoms. The van der Waals surface area contributed by atoms with E-state index in [1.807, 2.05) is 5.32 Å². The summed E-state index contributed by atoms with van der Waals surface area (Å²) < 4.78 is 22.3. The Morgan fingerprint density at radius 3 is 2.28 bits per heavy atom. The van der Waals surface area contributed by atoms with Crippen molar-refractivity contribution >= 4 is 27.7 Å². The summed E-state index contributed by atoms with van der Waals surface area (Å²) >= 11 is 0. The third kappa shape index (κ3) is 3.99. The minimum absolute atomic E-state index is 0.109. The van der Waals surface area contributed by atoms with E-state index in [2.05, 4.69) is 0 Å². The molecule has 0 aliphatic carbocycles. The molecule has 1 aliphatic rings. The van der Waals surface area contributed by atoms with Gasteiger partial charge >= 0.3 is 11.9 Å². The molecule has 1 heterocycles. The van der Waals surface area contributed by atoms with Gasteiger partial charge in [0.15, 0.2) is 9.84 Å². The Balaban J connectivity index is 2.62. The molecule has 1 saturated heterocycles. The Hall–Kier alpha value is -1.64. The number of aliphatic carboxylic acids is 2. The lowest BCUT2D eigenvalue weighted by Gasteiger charge is -2.14. The van der Waals surface area contributed by atoms with Crippen LogP contribution >= 0.6 is 0 Å². The first kappa shape index (κ1) is 14.4. The lowest BCUT2D eigenvalue weighted by Crippen LogP contribution is -2.45. The molecule has 0 radical (unpaired) electrons. The van der Waals surface area contributed by atoms with Crippen molar-refractivity contribution in [2.75, 3.05) is 11.5 Å². The van der Waals surface area contributed by atoms with E-state index in [0.717, 1.165) is 0 Å². The first-order valence-electron chi connectivity index (χ1n) is 5.16. The highest BCUT2D eigenvalue weighted by Gasteiger charge is 2.35. The molecule has 9 heteroatoms. The van der Waals surface area contributed by atoms with Crippen LogP contribution < -0.4 is 5.32 Å². The van der Waals surface area contributed by atoms with Crippen LogP contribution in [0.5, 0.6) is 0 Å². The number of hydrogen-bond acceptors (Lipinski definition) is 5. The van der Waals surface area contributed by atoms with Crippen molar-refractivity contribution in [1.29, 1.82) is 0 Å². The first-order valence-corrected chi connectivity index (χ1v) is 6.99. The number of carbonyl (C=O) groups is 3. The highest BCUT2D eigenvalue weighted by Crippen LogP contribution is 2.18. The van der Waals surface area contributed by atoms with Crippen molar-refractivity contribution in [1.82, 2.24) is 5.32 Å². The van der Waals surface area contributed by atoms with E-state index in [1.54, 1.807) is 0 Å². The number of hydrogen-bond donors (Lipinski definition) is 3. The number of carboxylic acid groups (broad SMARTS) is 2. The van der Waals surface area contributed by atoms with Crippen molar-refractivity contribution in [3.05, 3.63) is 0 Å². The normalized spacial score (nSPS) is 23.2. The fraction of sp³-hybridized carbons (Fsp3) is 0.667. The summed E-state index contributed by atoms with van der Waals surface area (Å²) in [5, 5.41) is 19.2. The third-order valence-electron chi connectivity index (χ3n) is 2.60. The number of carboxylic acids is 2. The Labute approximate surface area is 103 Å². The summed E-state index contributed by atoms with van der Waals surface area (Å²) in [6.45, 7) is 0. The van der Waals surface area contributed by atoms with Crippen molar-refractivity contribution in [2.24, 2.45) is 5.92 Å². The Bertz CT molecular complexity index is 469. The standard InChI is InChI=1S/C9H13NO7S/c11-7(12)3-6(9(14)15)10-8(13)5-1-2-18(16,17)4-5/h5-6H,1-4H2,(H,10,13)(H,11,12)(H,14,15)/t5?,6-/m1/s1. The summed E-state index contributed by atoms with van der Waals surface area (Å²) in [5.41, 5.74) is 0. The zero-order valence-electron chi connectivity index (χ0n) is 9.33. The molecule has 2 atom stereocenters. The van der Waals surface area contributed by atoms with Crippen molar-refractivity contribution in [2.45, 2.75) is 18.9 Å². The topological polar surface area (TPSA) is 138 Å². The van der Waals surface area contributed by atoms with E-state index in [4.69, 9.17) is 10.2 Å². The average molecular weight is 279 g/mol. The van der Waals surface area contributed by atoms with E-state index < -0.39 is 46.1 Å². The molecule has 102 valence electrons. The average Bonchev–Trinajstić information content (AvgIpc) is 2.57. The van der Waals surface area contributed by atoms with Gasteiger partial charge in [0.2, 0.25) is 5.91 Å². The van der Waals surface area contributed by atoms with Gasteiger partial charge < -0.3 is 15.5 Å². The number of amides is 1. The molecule has 3 N–H and O–H groups in total. The predicted molar refractivity (Wildman–Crippen MR) is 58.6 cm³/mol. The number of rotatable bonds is 5. The number of carbonyl (C=O) groups excluding carboxylic acids is 1. The highest BCUT2D eigenvalue weighted by molar-refractivity contribution is 7.91. The predicted octanol–water partition coefficient (Wildman–Crippen LogP) is -1.53. The highest BCUT2D eigenvalue weighted by atomic mass is 32.2. The van der Waals surface area contributed by atoms with Gasteiger partial charge in [0, 0.05) is 0 Å². The van der Waals surface area contributed by atoms with Crippen LogP contribution in [0.3, 0.4) is 0 Å². The van der Waals surface area contributed by atoms with Gasteiger partial charge in [0.05, 0.1) is 23.8 Å². The zero-order valence-corrected chi connectivity index (χ0v) is 10.1. The van der Waals surface area contributed by atoms with E-state index >= 15 is 0 Å². The van der Waals surface area contributed by atoms with Crippen LogP contribution in [0.1, 0.15) is 12.8 Å². The van der Waals surface area contributed by atoms with Crippen molar-refractivity contribution in [3.8, 4) is 0 Å². The molecule has 0 spiro atoms. The summed E-state index contributed by atoms with van der Waals surface area (Å²) in [6.07, 6.45) is -0.617. The lowest BCUT2D eigenvalue weighted by molar-refractivity contribution is -0.147. The summed E-state index contributed by atoms with van der Waals surface area (Å²) in [6, 6.07) is -1.54. The molecule has 1 amide bonds. The minimum atomic E-state index is -3.24. The van der Waals surface area contributed by atoms with Gasteiger partial charge in [-0.3, -0.25) is 9.59 Å². The number of nitrogens with one attached hydrogen (secondary N) is 1. The molecule has 0 aromatic carbocycles. The van der Waals surface area contributed by atoms with Gasteiger partial charge in [0.25, 0.3) is 0 Å². The van der Waals surface area contributed by atoms with Gasteiger partial charge in [-0.15, -0.1) is 0 Å². The molecule has 0 bridgehead atoms. The molecule has 1 rings (SSSR count). The molecule has 0 aromatic rings. The summed E-state index contributed by atoms with van der Waals surface area (Å²) in [5.74, 6) is -4.79. The summed E-state index contributed by atoms with van der Waals surface area (Å²) in [4.78, 5) is 32.7. The molecule has 0 saturated carbocycles. The van der Waals surface area contributed by atoms with Gasteiger partial charge in [-0.25, -0.2) is 13.2 Å². The quantitative estimate of drug-likeness (QED) is 0.554. The van der Waals surface area contributed by atoms with Crippen LogP contribution in [0.15, 0.2) is 0 Å². The summed E-state index contributed by atoms with van der Waals surface area (Å²) in [7, 11) is -3.24. The van der Waals surface area contributed by atoms with Crippen molar-refractivity contribution in [3.63, 3.8) is 0 Å². The molecular formula is C9H13NO7S. The maximum atomic E-state index is 11.6. The fourth-order valence-corrected chi connectivity index (χ4v) is 3.41. The molecule has 1 unspecified atom stereocenters. The van der Waals surface area contributed by atoms with Gasteiger partial charge in [-0.1, -0.05) is 0 Å². The molecule has 1 fully saturated rings. The maximum Gasteiger partial charge on any atom is 0.326 e. The second-order valence-corrected chi connectivity index (χ2v) is 6.33. The lowest BCUT2D eigenvalue weighted by atomic mass is 10.1. The third-order valence-corrected chi connectivity index (χ3v) is 4.36. The van der Waals surface area contributed by atoms with E-state index in [0.29, 0.717) is 0 Å². The van der Waals surface area contributed by atoms with Crippen molar-refractivity contribution < 1.29 is 33.0 Å². The van der Waals surface area contributed by atoms with Crippen LogP contribution in [0.25, 0.3) is 0 Å². The molecule has 8 nitrogen and oxygen atoms in total. The maximum absolute atomic E-state index is 11.6. The van der Waals surface area contributed by atoms with Gasteiger partial charge in [-0.2, -0.15) is 0 Å². The van der Waals surface area contributed by atoms with Gasteiger partial charge in [-0.05, 0) is 6.42 Å². The Morgan fingerprint density at radius 1 is 1.28 bits per heavy atom. The van der Waals surface area contributed by atoms with Crippen LogP contribution in [0.4, 0.5) is 0 Å². The fourth-order valence-electron chi connectivity index (χ4n) is 1.67. The van der Waals surface area contributed by atoms with E-state index in [1.165, 1.54) is 0 Å². The second-order valence-electron chi connectivity index (χ2n) is 4.10. The molecule has 0 aromatic heterocycles. The smallest absolute Gasteiger partial charge is 0.326 e. The van der Waals surface area contributed by atoms with Crippen LogP contribution in [-0.4, -0.2) is 54.0 Å². The monoisotopic (exact) mass is 279 g/mol. The van der Waals surface area contributed by atoms with Gasteiger partial charge in [0.1, 0.15) is 6.04 Å². The van der Waals surface area contributed by atoms with E-state index in [-0.39, 0.29) is 17.9 Å². The molecular weight excluding hydrogens is 266 g/mol. The number of sulfone groups is 1. The molecule has 1 aliphatic heterocycles. The SMILES string of the molecule is O=C(O)C[C@@H](NC(=O)C1CCS(=O)(=O)C1)C(=O)O. The first-order chi connectivity index (χ1) is 8.21. The zero-order chi connectivity index (χ0) is 13.9. The Morgan fingerprint density at radius 2 is 1.89 bits per heavy atom. The van der Waals surface area contributed by atoms with Crippen LogP contribution in [-0.2, 0) is 24.2 Å². The van der Waals surface area contributed by atoms with Crippen LogP contribution in [0.2, 0.25) is 0 Å². The minimum Gasteiger partial charge on any atom is -0.481 e.